The number of phenolic OH excluding ortho intramolecular Hbond substituents is 1. The van der Waals surface area contributed by atoms with Crippen molar-refractivity contribution in [3.63, 3.8) is 0 Å². The number of allylic oxidation sites excluding steroid dienone is 2. The Morgan fingerprint density at radius 1 is 0.846 bits per heavy atom. The average Bonchev–Trinajstić information content (AvgIpc) is 3.52. The number of imide groups is 2. The Morgan fingerprint density at radius 2 is 1.48 bits per heavy atom. The summed E-state index contributed by atoms with van der Waals surface area (Å²) in [5, 5.41) is 10.6. The van der Waals surface area contributed by atoms with Crippen LogP contribution in [0.4, 0.5) is 21.5 Å². The third kappa shape index (κ3) is 4.94. The van der Waals surface area contributed by atoms with E-state index in [1.165, 1.54) is 31.3 Å². The fraction of sp³-hybridized carbons (Fsp3) is 0.385. The Hall–Kier alpha value is -4.94. The van der Waals surface area contributed by atoms with Gasteiger partial charge < -0.3 is 24.2 Å². The first-order valence-corrected chi connectivity index (χ1v) is 17.7. The van der Waals surface area contributed by atoms with Gasteiger partial charge in [-0.05, 0) is 85.8 Å². The second-order valence-electron chi connectivity index (χ2n) is 14.2. The van der Waals surface area contributed by atoms with Crippen LogP contribution in [0.1, 0.15) is 31.2 Å². The van der Waals surface area contributed by atoms with E-state index in [9.17, 15) is 28.7 Å². The molecule has 270 valence electrons. The molecule has 3 aromatic rings. The molecule has 11 nitrogen and oxygen atoms in total. The molecule has 0 spiro atoms. The van der Waals surface area contributed by atoms with Crippen molar-refractivity contribution in [2.75, 3.05) is 55.2 Å². The van der Waals surface area contributed by atoms with Crippen molar-refractivity contribution in [3.8, 4) is 17.2 Å². The number of amides is 4. The topological polar surface area (TPSA) is 126 Å². The van der Waals surface area contributed by atoms with E-state index in [0.29, 0.717) is 24.5 Å². The van der Waals surface area contributed by atoms with Crippen LogP contribution >= 0.6 is 11.6 Å². The van der Waals surface area contributed by atoms with Crippen LogP contribution in [-0.2, 0) is 23.9 Å². The van der Waals surface area contributed by atoms with E-state index >= 15 is 0 Å². The van der Waals surface area contributed by atoms with Crippen LogP contribution in [0.15, 0.2) is 66.2 Å². The molecule has 0 radical (unpaired) electrons. The van der Waals surface area contributed by atoms with E-state index in [2.05, 4.69) is 4.90 Å². The number of carbonyl (C=O) groups excluding carboxylic acids is 4. The fourth-order valence-corrected chi connectivity index (χ4v) is 9.41. The predicted molar refractivity (Wildman–Crippen MR) is 189 cm³/mol. The number of hydrogen-bond acceptors (Lipinski definition) is 9. The van der Waals surface area contributed by atoms with Gasteiger partial charge in [-0.2, -0.15) is 0 Å². The molecule has 1 saturated carbocycles. The van der Waals surface area contributed by atoms with Crippen molar-refractivity contribution in [1.29, 1.82) is 0 Å². The number of rotatable bonds is 6. The summed E-state index contributed by atoms with van der Waals surface area (Å²) < 4.78 is 30.7. The summed E-state index contributed by atoms with van der Waals surface area (Å²) in [4.78, 5) is 62.3. The van der Waals surface area contributed by atoms with Gasteiger partial charge in [0, 0.05) is 24.7 Å². The lowest BCUT2D eigenvalue weighted by atomic mass is 9.51. The molecule has 52 heavy (non-hydrogen) atoms. The zero-order valence-electron chi connectivity index (χ0n) is 28.8. The van der Waals surface area contributed by atoms with E-state index in [1.54, 1.807) is 31.2 Å². The Labute approximate surface area is 304 Å². The number of fused-ring (bicyclic) bond motifs is 4. The van der Waals surface area contributed by atoms with Crippen LogP contribution in [0.5, 0.6) is 17.2 Å². The first kappa shape index (κ1) is 34.2. The molecule has 6 atom stereocenters. The molecule has 4 amide bonds. The Morgan fingerprint density at radius 3 is 2.12 bits per heavy atom. The molecule has 13 heteroatoms. The SMILES string of the molecule is COc1cc([C@H]2C3=CC[C@@H]4C(=O)N(c5ccc(N6CCOCC6)cc5)C(=O)[C@@H]4[C@@H]3C[C@H]3C(=O)N(c4ccc(F)c(Cl)c4)C(=O)[C@@]23C)cc(OC)c1O. The highest BCUT2D eigenvalue weighted by molar-refractivity contribution is 6.32. The summed E-state index contributed by atoms with van der Waals surface area (Å²) in [5.41, 5.74) is 1.46. The first-order chi connectivity index (χ1) is 25.0. The Bertz CT molecular complexity index is 2020. The summed E-state index contributed by atoms with van der Waals surface area (Å²) in [6.07, 6.45) is 2.33. The summed E-state index contributed by atoms with van der Waals surface area (Å²) in [7, 11) is 2.79. The second kappa shape index (κ2) is 12.6. The van der Waals surface area contributed by atoms with Gasteiger partial charge in [0.15, 0.2) is 11.5 Å². The maximum atomic E-state index is 14.7. The summed E-state index contributed by atoms with van der Waals surface area (Å²) >= 11 is 6.12. The smallest absolute Gasteiger partial charge is 0.241 e. The lowest BCUT2D eigenvalue weighted by molar-refractivity contribution is -0.131. The van der Waals surface area contributed by atoms with Gasteiger partial charge >= 0.3 is 0 Å². The van der Waals surface area contributed by atoms with Crippen molar-refractivity contribution in [2.45, 2.75) is 25.7 Å². The van der Waals surface area contributed by atoms with E-state index in [-0.39, 0.29) is 52.6 Å². The fourth-order valence-electron chi connectivity index (χ4n) is 9.23. The third-order valence-corrected chi connectivity index (χ3v) is 12.0. The third-order valence-electron chi connectivity index (χ3n) is 11.8. The monoisotopic (exact) mass is 729 g/mol. The zero-order valence-corrected chi connectivity index (χ0v) is 29.6. The van der Waals surface area contributed by atoms with Gasteiger partial charge in [-0.15, -0.1) is 0 Å². The largest absolute Gasteiger partial charge is 0.502 e. The molecule has 3 aliphatic heterocycles. The second-order valence-corrected chi connectivity index (χ2v) is 14.6. The summed E-state index contributed by atoms with van der Waals surface area (Å²) in [6, 6.07) is 14.3. The first-order valence-electron chi connectivity index (χ1n) is 17.3. The summed E-state index contributed by atoms with van der Waals surface area (Å²) in [5.74, 6) is -6.14. The summed E-state index contributed by atoms with van der Waals surface area (Å²) in [6.45, 7) is 4.47. The Balaban J connectivity index is 1.22. The molecular formula is C39H37ClFN3O8. The molecule has 4 fully saturated rings. The number of halogens is 2. The number of morpholine rings is 1. The molecule has 2 aliphatic carbocycles. The van der Waals surface area contributed by atoms with Gasteiger partial charge in [0.05, 0.1) is 67.0 Å². The minimum Gasteiger partial charge on any atom is -0.502 e. The Kier molecular flexibility index (Phi) is 8.30. The van der Waals surface area contributed by atoms with Gasteiger partial charge in [-0.1, -0.05) is 23.3 Å². The van der Waals surface area contributed by atoms with Gasteiger partial charge in [-0.25, -0.2) is 9.29 Å². The van der Waals surface area contributed by atoms with E-state index in [0.717, 1.165) is 35.3 Å². The van der Waals surface area contributed by atoms with Crippen molar-refractivity contribution < 1.29 is 42.9 Å². The molecule has 0 unspecified atom stereocenters. The number of phenols is 1. The number of aromatic hydroxyl groups is 1. The van der Waals surface area contributed by atoms with Crippen LogP contribution in [0, 0.1) is 34.9 Å². The minimum absolute atomic E-state index is 0.101. The molecule has 8 rings (SSSR count). The van der Waals surface area contributed by atoms with Gasteiger partial charge in [0.1, 0.15) is 5.82 Å². The van der Waals surface area contributed by atoms with Crippen LogP contribution in [-0.4, -0.2) is 69.3 Å². The maximum absolute atomic E-state index is 14.7. The maximum Gasteiger partial charge on any atom is 0.241 e. The number of nitrogens with zero attached hydrogens (tertiary/aromatic N) is 3. The van der Waals surface area contributed by atoms with E-state index < -0.39 is 52.6 Å². The lowest BCUT2D eigenvalue weighted by Gasteiger charge is -2.49. The quantitative estimate of drug-likeness (QED) is 0.260. The molecule has 1 N–H and O–H groups in total. The van der Waals surface area contributed by atoms with E-state index in [1.807, 2.05) is 18.2 Å². The van der Waals surface area contributed by atoms with Crippen molar-refractivity contribution in [3.05, 3.63) is 82.6 Å². The van der Waals surface area contributed by atoms with Gasteiger partial charge in [0.25, 0.3) is 0 Å². The molecular weight excluding hydrogens is 693 g/mol. The number of methoxy groups -OCH3 is 2. The van der Waals surface area contributed by atoms with Crippen LogP contribution in [0.3, 0.4) is 0 Å². The molecule has 5 aliphatic rings. The highest BCUT2D eigenvalue weighted by atomic mass is 35.5. The van der Waals surface area contributed by atoms with Crippen LogP contribution < -0.4 is 24.2 Å². The number of carbonyl (C=O) groups is 4. The molecule has 3 aromatic carbocycles. The highest BCUT2D eigenvalue weighted by Gasteiger charge is 2.67. The van der Waals surface area contributed by atoms with Crippen LogP contribution in [0.25, 0.3) is 0 Å². The lowest BCUT2D eigenvalue weighted by Crippen LogP contribution is -2.48. The standard InChI is InChI=1S/C39H37ClFN3O8/c1-39-27(36(47)44(38(39)49)23-8-11-29(41)28(40)18-23)19-26-24(33(39)20-16-30(50-2)34(45)31(17-20)51-3)9-10-25-32(26)37(48)43(35(25)46)22-6-4-21(5-7-22)42-12-14-52-15-13-42/h4-9,11,16-18,25-27,32-33,45H,10,12-15,19H2,1-3H3/t25-,26+,27-,32-,33-,39+/m0/s1. The zero-order chi connectivity index (χ0) is 36.6. The number of anilines is 3. The normalized spacial score (nSPS) is 28.4. The molecule has 3 heterocycles. The van der Waals surface area contributed by atoms with Gasteiger partial charge in [-0.3, -0.25) is 24.1 Å². The minimum atomic E-state index is -1.39. The highest BCUT2D eigenvalue weighted by Crippen LogP contribution is 2.64. The molecule has 0 aromatic heterocycles. The van der Waals surface area contributed by atoms with E-state index in [4.69, 9.17) is 25.8 Å². The number of hydrogen-bond donors (Lipinski definition) is 1. The average molecular weight is 730 g/mol. The predicted octanol–water partition coefficient (Wildman–Crippen LogP) is 5.47. The van der Waals surface area contributed by atoms with Crippen molar-refractivity contribution in [2.24, 2.45) is 29.1 Å². The number of benzene rings is 3. The molecule has 3 saturated heterocycles. The van der Waals surface area contributed by atoms with Crippen molar-refractivity contribution in [1.82, 2.24) is 0 Å². The molecule has 0 bridgehead atoms. The van der Waals surface area contributed by atoms with Gasteiger partial charge in [0.2, 0.25) is 29.4 Å². The number of ether oxygens (including phenoxy) is 3. The van der Waals surface area contributed by atoms with Crippen molar-refractivity contribution >= 4 is 52.3 Å². The van der Waals surface area contributed by atoms with Crippen LogP contribution in [0.2, 0.25) is 5.02 Å².